The molecule has 3 aromatic carbocycles. The standard InChI is InChI=1S/C25H27N3O5S/c1-18(29)27(2)17-19-7-5-9-21(15-19)26-25(30)20-8-6-10-24(16-20)34(31,32)28(3)22-11-13-23(33-4)14-12-22/h5-16H,17H2,1-4H3,(H,26,30). The third-order valence-corrected chi connectivity index (χ3v) is 7.11. The molecule has 1 N–H and O–H groups in total. The first-order chi connectivity index (χ1) is 16.1. The Bertz CT molecular complexity index is 1290. The van der Waals surface area contributed by atoms with Gasteiger partial charge in [-0.3, -0.25) is 13.9 Å². The lowest BCUT2D eigenvalue weighted by molar-refractivity contribution is -0.128. The van der Waals surface area contributed by atoms with Crippen LogP contribution in [0.15, 0.2) is 77.7 Å². The van der Waals surface area contributed by atoms with E-state index < -0.39 is 15.9 Å². The van der Waals surface area contributed by atoms with Crippen molar-refractivity contribution in [3.8, 4) is 5.75 Å². The number of methoxy groups -OCH3 is 1. The van der Waals surface area contributed by atoms with E-state index in [2.05, 4.69) is 5.32 Å². The number of amides is 2. The van der Waals surface area contributed by atoms with Crippen molar-refractivity contribution in [3.63, 3.8) is 0 Å². The molecular formula is C25H27N3O5S. The molecule has 0 bridgehead atoms. The highest BCUT2D eigenvalue weighted by Gasteiger charge is 2.22. The summed E-state index contributed by atoms with van der Waals surface area (Å²) in [6.07, 6.45) is 0. The molecule has 0 radical (unpaired) electrons. The van der Waals surface area contributed by atoms with Crippen molar-refractivity contribution in [2.45, 2.75) is 18.4 Å². The van der Waals surface area contributed by atoms with E-state index >= 15 is 0 Å². The number of anilines is 2. The number of benzene rings is 3. The van der Waals surface area contributed by atoms with Gasteiger partial charge < -0.3 is 15.0 Å². The van der Waals surface area contributed by atoms with Gasteiger partial charge in [0.25, 0.3) is 15.9 Å². The van der Waals surface area contributed by atoms with Gasteiger partial charge in [0.05, 0.1) is 17.7 Å². The van der Waals surface area contributed by atoms with Crippen LogP contribution in [0.5, 0.6) is 5.75 Å². The molecule has 3 rings (SSSR count). The second-order valence-corrected chi connectivity index (χ2v) is 9.70. The van der Waals surface area contributed by atoms with Crippen molar-refractivity contribution in [1.82, 2.24) is 4.90 Å². The van der Waals surface area contributed by atoms with Crippen molar-refractivity contribution < 1.29 is 22.7 Å². The van der Waals surface area contributed by atoms with E-state index in [0.29, 0.717) is 23.7 Å². The number of sulfonamides is 1. The third-order valence-electron chi connectivity index (χ3n) is 5.33. The van der Waals surface area contributed by atoms with Crippen molar-refractivity contribution in [1.29, 1.82) is 0 Å². The molecule has 3 aromatic rings. The summed E-state index contributed by atoms with van der Waals surface area (Å²) in [5, 5.41) is 2.79. The Morgan fingerprint density at radius 3 is 2.26 bits per heavy atom. The van der Waals surface area contributed by atoms with Gasteiger partial charge in [-0.15, -0.1) is 0 Å². The molecule has 0 unspecified atom stereocenters. The maximum atomic E-state index is 13.2. The second kappa shape index (κ2) is 10.4. The van der Waals surface area contributed by atoms with E-state index in [-0.39, 0.29) is 16.4 Å². The van der Waals surface area contributed by atoms with E-state index in [0.717, 1.165) is 9.87 Å². The molecule has 0 heterocycles. The first kappa shape index (κ1) is 24.8. The van der Waals surface area contributed by atoms with Crippen molar-refractivity contribution >= 4 is 33.2 Å². The van der Waals surface area contributed by atoms with Crippen LogP contribution in [0.2, 0.25) is 0 Å². The SMILES string of the molecule is COc1ccc(N(C)S(=O)(=O)c2cccc(C(=O)Nc3cccc(CN(C)C(C)=O)c3)c2)cc1. The molecule has 0 fully saturated rings. The minimum atomic E-state index is -3.89. The summed E-state index contributed by atoms with van der Waals surface area (Å²) >= 11 is 0. The fourth-order valence-electron chi connectivity index (χ4n) is 3.22. The zero-order chi connectivity index (χ0) is 24.9. The first-order valence-corrected chi connectivity index (χ1v) is 11.9. The predicted molar refractivity (Wildman–Crippen MR) is 132 cm³/mol. The Balaban J connectivity index is 1.79. The monoisotopic (exact) mass is 481 g/mol. The average molecular weight is 482 g/mol. The van der Waals surface area contributed by atoms with Gasteiger partial charge in [-0.1, -0.05) is 18.2 Å². The molecule has 0 aliphatic heterocycles. The Morgan fingerprint density at radius 1 is 0.941 bits per heavy atom. The molecule has 0 atom stereocenters. The highest BCUT2D eigenvalue weighted by atomic mass is 32.2. The van der Waals surface area contributed by atoms with E-state index in [9.17, 15) is 18.0 Å². The number of hydrogen-bond acceptors (Lipinski definition) is 5. The lowest BCUT2D eigenvalue weighted by atomic mass is 10.1. The highest BCUT2D eigenvalue weighted by Crippen LogP contribution is 2.25. The second-order valence-electron chi connectivity index (χ2n) is 7.73. The maximum absolute atomic E-state index is 13.2. The topological polar surface area (TPSA) is 96.0 Å². The number of carbonyl (C=O) groups is 2. The summed E-state index contributed by atoms with van der Waals surface area (Å²) < 4.78 is 32.6. The smallest absolute Gasteiger partial charge is 0.264 e. The van der Waals surface area contributed by atoms with Gasteiger partial charge in [0, 0.05) is 38.8 Å². The Hall–Kier alpha value is -3.85. The summed E-state index contributed by atoms with van der Waals surface area (Å²) in [7, 11) is 0.790. The number of nitrogens with one attached hydrogen (secondary N) is 1. The summed E-state index contributed by atoms with van der Waals surface area (Å²) in [6.45, 7) is 1.89. The molecule has 0 aliphatic carbocycles. The molecule has 0 spiro atoms. The van der Waals surface area contributed by atoms with Gasteiger partial charge in [0.1, 0.15) is 5.75 Å². The molecule has 0 aromatic heterocycles. The number of hydrogen-bond donors (Lipinski definition) is 1. The average Bonchev–Trinajstić information content (AvgIpc) is 2.83. The molecule has 0 aliphatic rings. The number of carbonyl (C=O) groups excluding carboxylic acids is 2. The number of rotatable bonds is 8. The van der Waals surface area contributed by atoms with Gasteiger partial charge in [0.2, 0.25) is 5.91 Å². The number of ether oxygens (including phenoxy) is 1. The minimum absolute atomic E-state index is 0.00435. The quantitative estimate of drug-likeness (QED) is 0.529. The van der Waals surface area contributed by atoms with Crippen molar-refractivity contribution in [2.24, 2.45) is 0 Å². The lowest BCUT2D eigenvalue weighted by Gasteiger charge is -2.20. The molecule has 0 saturated heterocycles. The van der Waals surface area contributed by atoms with Gasteiger partial charge in [-0.2, -0.15) is 0 Å². The number of nitrogens with zero attached hydrogens (tertiary/aromatic N) is 2. The van der Waals surface area contributed by atoms with Crippen LogP contribution >= 0.6 is 0 Å². The van der Waals surface area contributed by atoms with Crippen LogP contribution in [-0.2, 0) is 21.4 Å². The maximum Gasteiger partial charge on any atom is 0.264 e. The predicted octanol–water partition coefficient (Wildman–Crippen LogP) is 3.75. The summed E-state index contributed by atoms with van der Waals surface area (Å²) in [6, 6.07) is 19.6. The molecule has 9 heteroatoms. The van der Waals surface area contributed by atoms with Crippen molar-refractivity contribution in [2.75, 3.05) is 30.8 Å². The normalized spacial score (nSPS) is 10.9. The van der Waals surface area contributed by atoms with Crippen LogP contribution in [0.4, 0.5) is 11.4 Å². The molecule has 8 nitrogen and oxygen atoms in total. The summed E-state index contributed by atoms with van der Waals surface area (Å²) in [4.78, 5) is 25.9. The highest BCUT2D eigenvalue weighted by molar-refractivity contribution is 7.92. The Labute approximate surface area is 199 Å². The summed E-state index contributed by atoms with van der Waals surface area (Å²) in [5.74, 6) is 0.110. The lowest BCUT2D eigenvalue weighted by Crippen LogP contribution is -2.26. The molecule has 2 amide bonds. The first-order valence-electron chi connectivity index (χ1n) is 10.5. The largest absolute Gasteiger partial charge is 0.497 e. The van der Waals surface area contributed by atoms with E-state index in [1.807, 2.05) is 6.07 Å². The van der Waals surface area contributed by atoms with Crippen LogP contribution in [0.1, 0.15) is 22.8 Å². The molecular weight excluding hydrogens is 454 g/mol. The molecule has 178 valence electrons. The fourth-order valence-corrected chi connectivity index (χ4v) is 4.46. The van der Waals surface area contributed by atoms with Gasteiger partial charge in [-0.25, -0.2) is 8.42 Å². The third kappa shape index (κ3) is 5.74. The Morgan fingerprint density at radius 2 is 1.62 bits per heavy atom. The zero-order valence-corrected chi connectivity index (χ0v) is 20.3. The van der Waals surface area contributed by atoms with Crippen LogP contribution in [0.25, 0.3) is 0 Å². The van der Waals surface area contributed by atoms with Crippen LogP contribution < -0.4 is 14.4 Å². The van der Waals surface area contributed by atoms with Crippen molar-refractivity contribution in [3.05, 3.63) is 83.9 Å². The molecule has 0 saturated carbocycles. The molecule has 34 heavy (non-hydrogen) atoms. The van der Waals surface area contributed by atoms with Gasteiger partial charge >= 0.3 is 0 Å². The minimum Gasteiger partial charge on any atom is -0.497 e. The van der Waals surface area contributed by atoms with Crippen LogP contribution in [0, 0.1) is 0 Å². The van der Waals surface area contributed by atoms with E-state index in [1.54, 1.807) is 60.5 Å². The van der Waals surface area contributed by atoms with E-state index in [4.69, 9.17) is 4.74 Å². The van der Waals surface area contributed by atoms with Crippen LogP contribution in [-0.4, -0.2) is 46.3 Å². The van der Waals surface area contributed by atoms with Gasteiger partial charge in [-0.05, 0) is 60.2 Å². The fraction of sp³-hybridized carbons (Fsp3) is 0.200. The summed E-state index contributed by atoms with van der Waals surface area (Å²) in [5.41, 5.74) is 2.06. The van der Waals surface area contributed by atoms with E-state index in [1.165, 1.54) is 39.3 Å². The van der Waals surface area contributed by atoms with Crippen LogP contribution in [0.3, 0.4) is 0 Å². The zero-order valence-electron chi connectivity index (χ0n) is 19.5. The van der Waals surface area contributed by atoms with Gasteiger partial charge in [0.15, 0.2) is 0 Å². The Kier molecular flexibility index (Phi) is 7.57.